The van der Waals surface area contributed by atoms with Crippen LogP contribution in [0.4, 0.5) is 5.69 Å². The molecule has 0 aromatic heterocycles. The van der Waals surface area contributed by atoms with E-state index < -0.39 is 0 Å². The third-order valence-corrected chi connectivity index (χ3v) is 4.88. The zero-order chi connectivity index (χ0) is 18.8. The number of nitrogens with one attached hydrogen (secondary N) is 2. The Morgan fingerprint density at radius 2 is 1.56 bits per heavy atom. The van der Waals surface area contributed by atoms with Gasteiger partial charge in [0.1, 0.15) is 0 Å². The number of hydrogen-bond acceptors (Lipinski definition) is 2. The van der Waals surface area contributed by atoms with Gasteiger partial charge in [-0.1, -0.05) is 66.2 Å². The van der Waals surface area contributed by atoms with Crippen molar-refractivity contribution in [2.24, 2.45) is 0 Å². The van der Waals surface area contributed by atoms with E-state index in [2.05, 4.69) is 10.6 Å². The van der Waals surface area contributed by atoms with Gasteiger partial charge in [-0.15, -0.1) is 0 Å². The molecular formula is C22H15ClN2OS. The highest BCUT2D eigenvalue weighted by molar-refractivity contribution is 7.80. The van der Waals surface area contributed by atoms with E-state index >= 15 is 0 Å². The van der Waals surface area contributed by atoms with Gasteiger partial charge in [-0.25, -0.2) is 0 Å². The first-order valence-corrected chi connectivity index (χ1v) is 9.19. The highest BCUT2D eigenvalue weighted by Crippen LogP contribution is 2.26. The predicted octanol–water partition coefficient (Wildman–Crippen LogP) is 5.77. The molecule has 4 aromatic carbocycles. The van der Waals surface area contributed by atoms with Gasteiger partial charge >= 0.3 is 0 Å². The summed E-state index contributed by atoms with van der Waals surface area (Å²) in [6.45, 7) is 0. The molecule has 3 nitrogen and oxygen atoms in total. The van der Waals surface area contributed by atoms with Crippen LogP contribution in [0.2, 0.25) is 5.02 Å². The average molecular weight is 391 g/mol. The van der Waals surface area contributed by atoms with E-state index in [0.29, 0.717) is 10.6 Å². The van der Waals surface area contributed by atoms with Crippen molar-refractivity contribution in [1.29, 1.82) is 0 Å². The normalized spacial score (nSPS) is 10.7. The molecule has 0 radical (unpaired) electrons. The number of amides is 1. The van der Waals surface area contributed by atoms with Gasteiger partial charge in [0.25, 0.3) is 5.91 Å². The first kappa shape index (κ1) is 17.5. The van der Waals surface area contributed by atoms with Crippen LogP contribution in [-0.4, -0.2) is 11.0 Å². The van der Waals surface area contributed by atoms with Gasteiger partial charge in [-0.3, -0.25) is 10.1 Å². The molecule has 5 heteroatoms. The maximum absolute atomic E-state index is 12.7. The van der Waals surface area contributed by atoms with E-state index in [9.17, 15) is 4.79 Å². The quantitative estimate of drug-likeness (QED) is 0.427. The number of fused-ring (bicyclic) bond motifs is 2. The molecule has 0 atom stereocenters. The molecule has 1 amide bonds. The monoisotopic (exact) mass is 390 g/mol. The minimum Gasteiger partial charge on any atom is -0.332 e. The zero-order valence-electron chi connectivity index (χ0n) is 14.2. The van der Waals surface area contributed by atoms with Gasteiger partial charge in [0.2, 0.25) is 0 Å². The van der Waals surface area contributed by atoms with Crippen molar-refractivity contribution in [2.45, 2.75) is 0 Å². The van der Waals surface area contributed by atoms with E-state index in [4.69, 9.17) is 23.8 Å². The van der Waals surface area contributed by atoms with E-state index in [0.717, 1.165) is 27.2 Å². The Labute approximate surface area is 167 Å². The first-order chi connectivity index (χ1) is 13.1. The zero-order valence-corrected chi connectivity index (χ0v) is 15.8. The minimum absolute atomic E-state index is 0.245. The summed E-state index contributed by atoms with van der Waals surface area (Å²) in [5.74, 6) is -0.277. The highest BCUT2D eigenvalue weighted by Gasteiger charge is 2.12. The van der Waals surface area contributed by atoms with Crippen LogP contribution in [0.25, 0.3) is 21.5 Å². The highest BCUT2D eigenvalue weighted by atomic mass is 35.5. The van der Waals surface area contributed by atoms with Crippen LogP contribution in [0.15, 0.2) is 78.9 Å². The lowest BCUT2D eigenvalue weighted by Gasteiger charge is -2.12. The molecule has 4 rings (SSSR count). The van der Waals surface area contributed by atoms with Crippen LogP contribution >= 0.6 is 23.8 Å². The van der Waals surface area contributed by atoms with Crippen molar-refractivity contribution in [3.05, 3.63) is 89.4 Å². The number of thiocarbonyl (C=S) groups is 1. The molecular weight excluding hydrogens is 376 g/mol. The van der Waals surface area contributed by atoms with Crippen molar-refractivity contribution >= 4 is 62.1 Å². The second-order valence-electron chi connectivity index (χ2n) is 6.11. The molecule has 0 heterocycles. The molecule has 0 fully saturated rings. The number of rotatable bonds is 2. The SMILES string of the molecule is O=C(NC(=S)Nc1ccc2ccccc2c1)c1cccc2c(Cl)cccc12. The van der Waals surface area contributed by atoms with Crippen molar-refractivity contribution in [3.8, 4) is 0 Å². The van der Waals surface area contributed by atoms with Crippen LogP contribution < -0.4 is 10.6 Å². The lowest BCUT2D eigenvalue weighted by Crippen LogP contribution is -2.34. The Morgan fingerprint density at radius 1 is 0.815 bits per heavy atom. The van der Waals surface area contributed by atoms with Crippen LogP contribution in [0.1, 0.15) is 10.4 Å². The topological polar surface area (TPSA) is 41.1 Å². The maximum atomic E-state index is 12.7. The van der Waals surface area contributed by atoms with Crippen molar-refractivity contribution in [2.75, 3.05) is 5.32 Å². The summed E-state index contributed by atoms with van der Waals surface area (Å²) in [6, 6.07) is 24.9. The Morgan fingerprint density at radius 3 is 2.41 bits per heavy atom. The van der Waals surface area contributed by atoms with Crippen molar-refractivity contribution < 1.29 is 4.79 Å². The average Bonchev–Trinajstić information content (AvgIpc) is 2.67. The van der Waals surface area contributed by atoms with Gasteiger partial charge in [0, 0.05) is 21.7 Å². The molecule has 0 unspecified atom stereocenters. The largest absolute Gasteiger partial charge is 0.332 e. The van der Waals surface area contributed by atoms with E-state index in [-0.39, 0.29) is 11.0 Å². The molecule has 4 aromatic rings. The van der Waals surface area contributed by atoms with Crippen molar-refractivity contribution in [1.82, 2.24) is 5.32 Å². The molecule has 27 heavy (non-hydrogen) atoms. The molecule has 0 spiro atoms. The third-order valence-electron chi connectivity index (χ3n) is 4.35. The fourth-order valence-corrected chi connectivity index (χ4v) is 3.52. The van der Waals surface area contributed by atoms with E-state index in [1.165, 1.54) is 0 Å². The first-order valence-electron chi connectivity index (χ1n) is 8.40. The van der Waals surface area contributed by atoms with Gasteiger partial charge in [0.05, 0.1) is 0 Å². The number of carbonyl (C=O) groups excluding carboxylic acids is 1. The van der Waals surface area contributed by atoms with Gasteiger partial charge < -0.3 is 5.32 Å². The number of anilines is 1. The summed E-state index contributed by atoms with van der Waals surface area (Å²) < 4.78 is 0. The maximum Gasteiger partial charge on any atom is 0.258 e. The van der Waals surface area contributed by atoms with Gasteiger partial charge in [-0.05, 0) is 52.6 Å². The van der Waals surface area contributed by atoms with Crippen LogP contribution in [0.5, 0.6) is 0 Å². The molecule has 0 bridgehead atoms. The lowest BCUT2D eigenvalue weighted by atomic mass is 10.0. The van der Waals surface area contributed by atoms with E-state index in [1.807, 2.05) is 66.7 Å². The Bertz CT molecular complexity index is 1190. The summed E-state index contributed by atoms with van der Waals surface area (Å²) in [5.41, 5.74) is 1.35. The second kappa shape index (κ2) is 7.35. The van der Waals surface area contributed by atoms with Gasteiger partial charge in [0.15, 0.2) is 5.11 Å². The number of carbonyl (C=O) groups is 1. The Hall–Kier alpha value is -2.95. The fraction of sp³-hybridized carbons (Fsp3) is 0. The number of hydrogen-bond donors (Lipinski definition) is 2. The smallest absolute Gasteiger partial charge is 0.258 e. The van der Waals surface area contributed by atoms with Crippen LogP contribution in [0.3, 0.4) is 0 Å². The molecule has 0 saturated carbocycles. The standard InChI is InChI=1S/C22H15ClN2OS/c23-20-10-4-7-17-18(20)8-3-9-19(17)21(26)25-22(27)24-16-12-11-14-5-1-2-6-15(14)13-16/h1-13H,(H2,24,25,26,27). The molecule has 2 N–H and O–H groups in total. The third kappa shape index (κ3) is 3.63. The summed E-state index contributed by atoms with van der Waals surface area (Å²) in [6.07, 6.45) is 0. The van der Waals surface area contributed by atoms with Gasteiger partial charge in [-0.2, -0.15) is 0 Å². The molecule has 0 aliphatic carbocycles. The summed E-state index contributed by atoms with van der Waals surface area (Å²) in [5, 5.41) is 10.5. The molecule has 132 valence electrons. The number of halogens is 1. The summed E-state index contributed by atoms with van der Waals surface area (Å²) >= 11 is 11.5. The Kier molecular flexibility index (Phi) is 4.75. The lowest BCUT2D eigenvalue weighted by molar-refractivity contribution is 0.0979. The van der Waals surface area contributed by atoms with Crippen LogP contribution in [-0.2, 0) is 0 Å². The molecule has 0 saturated heterocycles. The fourth-order valence-electron chi connectivity index (χ4n) is 3.07. The second-order valence-corrected chi connectivity index (χ2v) is 6.93. The summed E-state index contributed by atoms with van der Waals surface area (Å²) in [4.78, 5) is 12.7. The Balaban J connectivity index is 1.54. The van der Waals surface area contributed by atoms with Crippen LogP contribution in [0, 0.1) is 0 Å². The van der Waals surface area contributed by atoms with E-state index in [1.54, 1.807) is 12.1 Å². The van der Waals surface area contributed by atoms with Crippen molar-refractivity contribution in [3.63, 3.8) is 0 Å². The predicted molar refractivity (Wildman–Crippen MR) is 117 cm³/mol. The molecule has 0 aliphatic heterocycles. The summed E-state index contributed by atoms with van der Waals surface area (Å²) in [7, 11) is 0. The number of benzene rings is 4. The minimum atomic E-state index is -0.277. The molecule has 0 aliphatic rings.